The number of Topliss-reactive ketones (excluding diaryl/α,β-unsaturated/α-hetero) is 1. The minimum Gasteiger partial charge on any atom is -1.00 e. The first-order valence-corrected chi connectivity index (χ1v) is 21.0. The summed E-state index contributed by atoms with van der Waals surface area (Å²) in [5, 5.41) is 39.3. The summed E-state index contributed by atoms with van der Waals surface area (Å²) in [5.41, 5.74) is -1.00. The summed E-state index contributed by atoms with van der Waals surface area (Å²) < 4.78 is 10.6. The van der Waals surface area contributed by atoms with Gasteiger partial charge in [0.15, 0.2) is 0 Å². The summed E-state index contributed by atoms with van der Waals surface area (Å²) in [6.07, 6.45) is 22.7. The average molecular weight is 770 g/mol. The zero-order chi connectivity index (χ0) is 35.9. The summed E-state index contributed by atoms with van der Waals surface area (Å²) in [6.45, 7) is 5.64. The summed E-state index contributed by atoms with van der Waals surface area (Å²) in [5.74, 6) is 8.13. The van der Waals surface area contributed by atoms with Gasteiger partial charge in [0.2, 0.25) is 0 Å². The molecule has 0 unspecified atom stereocenters. The van der Waals surface area contributed by atoms with Crippen LogP contribution in [0, 0.1) is 70.0 Å². The SMILES string of the molecule is C.C.CO.COC[C@@]1(O)CC[C@H]2[C@H](CC[C@@H]3[C@@H]2CC[C@]2(C)C(=O)CCC[C@@H]32)C1.COC[C@@]1(O)CC[C@H]2[C@H](CC[C@@H]3[C@@H]2CC[C@]2(C)[C@@H](O)CCC[C@@H]32)C1.[B].[H-].[Na+]. The molecule has 0 bridgehead atoms. The minimum atomic E-state index is -0.591. The number of aliphatic hydroxyl groups is 4. The number of aliphatic hydroxyl groups excluding tert-OH is 2. The van der Waals surface area contributed by atoms with E-state index < -0.39 is 11.2 Å². The molecule has 54 heavy (non-hydrogen) atoms. The molecule has 0 heterocycles. The Morgan fingerprint density at radius 3 is 1.61 bits per heavy atom. The third kappa shape index (κ3) is 9.59. The molecule has 0 spiro atoms. The van der Waals surface area contributed by atoms with Crippen LogP contribution >= 0.6 is 0 Å². The fourth-order valence-corrected chi connectivity index (χ4v) is 14.9. The molecule has 0 aromatic heterocycles. The molecular weight excluding hydrogens is 686 g/mol. The number of carbonyl (C=O) groups is 1. The second-order valence-corrected chi connectivity index (χ2v) is 19.4. The van der Waals surface area contributed by atoms with Gasteiger partial charge in [0.05, 0.1) is 30.5 Å². The number of methoxy groups -OCH3 is 2. The van der Waals surface area contributed by atoms with Crippen LogP contribution in [0.2, 0.25) is 0 Å². The zero-order valence-corrected chi connectivity index (χ0v) is 36.0. The van der Waals surface area contributed by atoms with Crippen molar-refractivity contribution in [1.29, 1.82) is 0 Å². The maximum absolute atomic E-state index is 12.6. The molecule has 8 rings (SSSR count). The quantitative estimate of drug-likeness (QED) is 0.285. The fraction of sp³-hybridized carbons (Fsp3) is 0.978. The maximum Gasteiger partial charge on any atom is 1.00 e. The first-order valence-electron chi connectivity index (χ1n) is 21.0. The van der Waals surface area contributed by atoms with Crippen LogP contribution in [0.25, 0.3) is 0 Å². The minimum absolute atomic E-state index is 0. The van der Waals surface area contributed by atoms with E-state index in [9.17, 15) is 20.1 Å². The van der Waals surface area contributed by atoms with Crippen molar-refractivity contribution in [1.82, 2.24) is 0 Å². The zero-order valence-electron chi connectivity index (χ0n) is 35.0. The second-order valence-electron chi connectivity index (χ2n) is 19.4. The van der Waals surface area contributed by atoms with Crippen molar-refractivity contribution in [2.45, 2.75) is 174 Å². The Labute approximate surface area is 357 Å². The smallest absolute Gasteiger partial charge is 1.00 e. The van der Waals surface area contributed by atoms with Crippen molar-refractivity contribution in [3.63, 3.8) is 0 Å². The Hall–Kier alpha value is 0.495. The van der Waals surface area contributed by atoms with Crippen molar-refractivity contribution in [2.24, 2.45) is 70.0 Å². The first-order chi connectivity index (χ1) is 23.9. The van der Waals surface area contributed by atoms with Gasteiger partial charge in [-0.05, 0) is 180 Å². The molecule has 8 saturated carbocycles. The van der Waals surface area contributed by atoms with E-state index in [2.05, 4.69) is 13.8 Å². The summed E-state index contributed by atoms with van der Waals surface area (Å²) in [4.78, 5) is 12.6. The number of fused-ring (bicyclic) bond motifs is 10. The van der Waals surface area contributed by atoms with Crippen LogP contribution in [-0.2, 0) is 14.3 Å². The van der Waals surface area contributed by atoms with Crippen molar-refractivity contribution >= 4 is 14.2 Å². The van der Waals surface area contributed by atoms with Gasteiger partial charge in [0.1, 0.15) is 5.78 Å². The van der Waals surface area contributed by atoms with Crippen LogP contribution in [0.3, 0.4) is 0 Å². The third-order valence-corrected chi connectivity index (χ3v) is 17.2. The van der Waals surface area contributed by atoms with Crippen LogP contribution in [0.4, 0.5) is 0 Å². The number of carbonyl (C=O) groups excluding carboxylic acids is 1. The molecule has 3 radical (unpaired) electrons. The molecular formula is C45H83BNaO7. The van der Waals surface area contributed by atoms with E-state index in [1.807, 2.05) is 0 Å². The molecule has 4 N–H and O–H groups in total. The Morgan fingerprint density at radius 2 is 1.09 bits per heavy atom. The van der Waals surface area contributed by atoms with Gasteiger partial charge in [0, 0.05) is 41.6 Å². The van der Waals surface area contributed by atoms with Crippen molar-refractivity contribution in [3.8, 4) is 0 Å². The first kappa shape index (κ1) is 50.6. The van der Waals surface area contributed by atoms with Gasteiger partial charge < -0.3 is 31.3 Å². The molecule has 0 aromatic rings. The van der Waals surface area contributed by atoms with Gasteiger partial charge in [-0.1, -0.05) is 35.1 Å². The standard InChI is InChI=1S/C21H36O3.C21H34O3.CH4O.2CH4.B.Na.H/c2*1-20-10-8-16-15-9-11-21(23,13-24-2)12-14(15)6-7-17(16)18(20)4-3-5-19(20)22;1-2;;;;;/h14-19,22-23H,3-13H2,1-2H3;14-18,23H,3-13H2,1-2H3;2H,1H3;2*1H4;;;/q;;;;;;+1;-1/t14-,15+,16-,17-,18+,19+,20+,21-;14-,15+,16-,17-,18+,20+,21-;;;;;;/m11....../s1. The number of hydrogen-bond donors (Lipinski definition) is 4. The molecule has 8 fully saturated rings. The molecule has 8 aliphatic carbocycles. The summed E-state index contributed by atoms with van der Waals surface area (Å²) >= 11 is 0. The molecule has 309 valence electrons. The molecule has 0 amide bonds. The van der Waals surface area contributed by atoms with Crippen molar-refractivity contribution in [3.05, 3.63) is 0 Å². The molecule has 0 saturated heterocycles. The molecule has 0 aliphatic heterocycles. The molecule has 0 aromatic carbocycles. The number of ketones is 1. The van der Waals surface area contributed by atoms with E-state index in [0.717, 1.165) is 106 Å². The predicted octanol–water partition coefficient (Wildman–Crippen LogP) is 5.36. The van der Waals surface area contributed by atoms with Crippen LogP contribution in [0.15, 0.2) is 0 Å². The van der Waals surface area contributed by atoms with Crippen LogP contribution < -0.4 is 29.6 Å². The van der Waals surface area contributed by atoms with Crippen LogP contribution in [0.1, 0.15) is 159 Å². The van der Waals surface area contributed by atoms with Gasteiger partial charge in [0.25, 0.3) is 0 Å². The second kappa shape index (κ2) is 20.6. The fourth-order valence-electron chi connectivity index (χ4n) is 14.9. The monoisotopic (exact) mass is 770 g/mol. The van der Waals surface area contributed by atoms with E-state index in [-0.39, 0.29) is 71.2 Å². The van der Waals surface area contributed by atoms with E-state index in [0.29, 0.717) is 36.8 Å². The Balaban J connectivity index is 0.000000484. The van der Waals surface area contributed by atoms with Gasteiger partial charge in [-0.3, -0.25) is 4.79 Å². The summed E-state index contributed by atoms with van der Waals surface area (Å²) in [7, 11) is 4.40. The average Bonchev–Trinajstić information content (AvgIpc) is 3.10. The number of hydrogen-bond acceptors (Lipinski definition) is 7. The number of rotatable bonds is 4. The van der Waals surface area contributed by atoms with Crippen molar-refractivity contribution < 1.29 is 65.7 Å². The molecule has 9 heteroatoms. The predicted molar refractivity (Wildman–Crippen MR) is 217 cm³/mol. The number of ether oxygens (including phenoxy) is 2. The maximum atomic E-state index is 12.6. The van der Waals surface area contributed by atoms with E-state index in [4.69, 9.17) is 14.6 Å². The Bertz CT molecular complexity index is 1170. The third-order valence-electron chi connectivity index (χ3n) is 17.2. The van der Waals surface area contributed by atoms with Crippen LogP contribution in [0.5, 0.6) is 0 Å². The van der Waals surface area contributed by atoms with Crippen molar-refractivity contribution in [2.75, 3.05) is 34.5 Å². The van der Waals surface area contributed by atoms with Gasteiger partial charge in [-0.15, -0.1) is 0 Å². The Morgan fingerprint density at radius 1 is 0.630 bits per heavy atom. The van der Waals surface area contributed by atoms with Gasteiger partial charge in [-0.2, -0.15) is 0 Å². The molecule has 8 aliphatic rings. The van der Waals surface area contributed by atoms with E-state index in [1.165, 1.54) is 70.6 Å². The van der Waals surface area contributed by atoms with Gasteiger partial charge >= 0.3 is 29.6 Å². The van der Waals surface area contributed by atoms with Gasteiger partial charge in [-0.25, -0.2) is 0 Å². The van der Waals surface area contributed by atoms with Crippen LogP contribution in [-0.4, -0.2) is 86.5 Å². The largest absolute Gasteiger partial charge is 1.00 e. The summed E-state index contributed by atoms with van der Waals surface area (Å²) in [6, 6.07) is 0. The van der Waals surface area contributed by atoms with E-state index >= 15 is 0 Å². The normalized spacial score (nSPS) is 47.2. The molecule has 7 nitrogen and oxygen atoms in total. The Kier molecular flexibility index (Phi) is 19.4. The molecule has 15 atom stereocenters. The topological polar surface area (TPSA) is 116 Å². The van der Waals surface area contributed by atoms with E-state index in [1.54, 1.807) is 14.2 Å².